The van der Waals surface area contributed by atoms with Crippen LogP contribution < -0.4 is 5.32 Å². The Morgan fingerprint density at radius 1 is 1.17 bits per heavy atom. The molecule has 1 N–H and O–H groups in total. The molecule has 0 bridgehead atoms. The van der Waals surface area contributed by atoms with Crippen molar-refractivity contribution in [2.75, 3.05) is 18.4 Å². The van der Waals surface area contributed by atoms with Crippen LogP contribution in [0.3, 0.4) is 0 Å². The summed E-state index contributed by atoms with van der Waals surface area (Å²) in [7, 11) is 0. The Balaban J connectivity index is 1.39. The van der Waals surface area contributed by atoms with E-state index in [4.69, 9.17) is 4.52 Å². The first-order valence-electron chi connectivity index (χ1n) is 8.31. The van der Waals surface area contributed by atoms with Crippen molar-refractivity contribution in [1.29, 1.82) is 0 Å². The number of carbonyl (C=O) groups excluding carboxylic acids is 1. The lowest BCUT2D eigenvalue weighted by atomic mass is 9.86. The Labute approximate surface area is 140 Å². The average molecular weight is 324 g/mol. The van der Waals surface area contributed by atoms with Crippen molar-refractivity contribution < 1.29 is 9.32 Å². The van der Waals surface area contributed by atoms with Crippen molar-refractivity contribution in [2.45, 2.75) is 19.8 Å². The van der Waals surface area contributed by atoms with Gasteiger partial charge in [-0.2, -0.15) is 4.98 Å². The summed E-state index contributed by atoms with van der Waals surface area (Å²) in [6.07, 6.45) is 6.65. The molecule has 0 spiro atoms. The molecule has 2 heterocycles. The summed E-state index contributed by atoms with van der Waals surface area (Å²) < 4.78 is 5.14. The number of aromatic nitrogens is 2. The lowest BCUT2D eigenvalue weighted by Gasteiger charge is -2.17. The van der Waals surface area contributed by atoms with Gasteiger partial charge in [-0.25, -0.2) is 4.79 Å². The second kappa shape index (κ2) is 6.11. The van der Waals surface area contributed by atoms with E-state index in [1.54, 1.807) is 6.92 Å². The fourth-order valence-corrected chi connectivity index (χ4v) is 3.49. The third-order valence-electron chi connectivity index (χ3n) is 4.82. The van der Waals surface area contributed by atoms with Crippen molar-refractivity contribution in [3.8, 4) is 11.5 Å². The summed E-state index contributed by atoms with van der Waals surface area (Å²) in [5.74, 6) is 2.32. The molecular formula is C18H20N4O2. The van der Waals surface area contributed by atoms with E-state index in [-0.39, 0.29) is 6.03 Å². The number of aryl methyl sites for hydroxylation is 1. The average Bonchev–Trinajstić information content (AvgIpc) is 3.21. The summed E-state index contributed by atoms with van der Waals surface area (Å²) in [6, 6.07) is 7.44. The summed E-state index contributed by atoms with van der Waals surface area (Å²) in [4.78, 5) is 18.6. The van der Waals surface area contributed by atoms with E-state index in [9.17, 15) is 4.79 Å². The minimum absolute atomic E-state index is 0.0224. The molecular weight excluding hydrogens is 304 g/mol. The zero-order valence-corrected chi connectivity index (χ0v) is 13.6. The van der Waals surface area contributed by atoms with Gasteiger partial charge in [0.2, 0.25) is 0 Å². The van der Waals surface area contributed by atoms with Crippen molar-refractivity contribution in [3.63, 3.8) is 0 Å². The van der Waals surface area contributed by atoms with Crippen LogP contribution in [0.25, 0.3) is 11.5 Å². The maximum absolute atomic E-state index is 12.5. The van der Waals surface area contributed by atoms with Crippen LogP contribution in [0.15, 0.2) is 40.9 Å². The molecule has 1 fully saturated rings. The predicted molar refractivity (Wildman–Crippen MR) is 90.4 cm³/mol. The van der Waals surface area contributed by atoms with Crippen LogP contribution in [0.2, 0.25) is 0 Å². The predicted octanol–water partition coefficient (Wildman–Crippen LogP) is 3.47. The van der Waals surface area contributed by atoms with Gasteiger partial charge in [0.05, 0.1) is 0 Å². The molecule has 2 amide bonds. The van der Waals surface area contributed by atoms with Crippen molar-refractivity contribution >= 4 is 11.7 Å². The first kappa shape index (κ1) is 14.9. The molecule has 1 aromatic heterocycles. The number of hydrogen-bond donors (Lipinski definition) is 1. The molecule has 2 atom stereocenters. The van der Waals surface area contributed by atoms with Gasteiger partial charge in [0.15, 0.2) is 5.82 Å². The van der Waals surface area contributed by atoms with Crippen LogP contribution >= 0.6 is 0 Å². The molecule has 1 aliphatic heterocycles. The number of nitrogens with zero attached hydrogens (tertiary/aromatic N) is 3. The molecule has 2 aromatic rings. The molecule has 2 aliphatic rings. The lowest BCUT2D eigenvalue weighted by molar-refractivity contribution is 0.220. The highest BCUT2D eigenvalue weighted by molar-refractivity contribution is 5.89. The number of hydrogen-bond acceptors (Lipinski definition) is 4. The van der Waals surface area contributed by atoms with Crippen molar-refractivity contribution in [2.24, 2.45) is 11.8 Å². The van der Waals surface area contributed by atoms with Crippen LogP contribution in [0, 0.1) is 18.8 Å². The molecule has 4 rings (SSSR count). The normalized spacial score (nSPS) is 22.5. The van der Waals surface area contributed by atoms with Crippen molar-refractivity contribution in [1.82, 2.24) is 15.0 Å². The third-order valence-corrected chi connectivity index (χ3v) is 4.82. The Bertz CT molecular complexity index is 750. The fourth-order valence-electron chi connectivity index (χ4n) is 3.49. The van der Waals surface area contributed by atoms with Gasteiger partial charge in [-0.3, -0.25) is 0 Å². The summed E-state index contributed by atoms with van der Waals surface area (Å²) in [6.45, 7) is 3.48. The van der Waals surface area contributed by atoms with Crippen LogP contribution in [-0.2, 0) is 0 Å². The fraction of sp³-hybridized carbons (Fsp3) is 0.389. The first-order valence-corrected chi connectivity index (χ1v) is 8.31. The van der Waals surface area contributed by atoms with Gasteiger partial charge in [-0.05, 0) is 55.9 Å². The monoisotopic (exact) mass is 324 g/mol. The van der Waals surface area contributed by atoms with E-state index in [2.05, 4.69) is 27.6 Å². The summed E-state index contributed by atoms with van der Waals surface area (Å²) in [5, 5.41) is 6.76. The highest BCUT2D eigenvalue weighted by Gasteiger charge is 2.35. The van der Waals surface area contributed by atoms with Gasteiger partial charge in [0, 0.05) is 24.3 Å². The third kappa shape index (κ3) is 2.91. The van der Waals surface area contributed by atoms with E-state index in [0.717, 1.165) is 37.2 Å². The molecule has 1 saturated heterocycles. The summed E-state index contributed by atoms with van der Waals surface area (Å²) >= 11 is 0. The van der Waals surface area contributed by atoms with Gasteiger partial charge < -0.3 is 14.7 Å². The van der Waals surface area contributed by atoms with E-state index in [0.29, 0.717) is 23.6 Å². The maximum Gasteiger partial charge on any atom is 0.321 e. The SMILES string of the molecule is Cc1noc(-c2ccc(NC(=O)N3C[C@H]4CC=CC[C@H]4C3)cc2)n1. The van der Waals surface area contributed by atoms with Crippen LogP contribution in [0.5, 0.6) is 0 Å². The highest BCUT2D eigenvalue weighted by Crippen LogP contribution is 2.33. The summed E-state index contributed by atoms with van der Waals surface area (Å²) in [5.41, 5.74) is 1.61. The van der Waals surface area contributed by atoms with Gasteiger partial charge in [0.25, 0.3) is 5.89 Å². The Kier molecular flexibility index (Phi) is 3.80. The molecule has 0 unspecified atom stereocenters. The Hall–Kier alpha value is -2.63. The molecule has 0 saturated carbocycles. The minimum Gasteiger partial charge on any atom is -0.334 e. The maximum atomic E-state index is 12.5. The quantitative estimate of drug-likeness (QED) is 0.859. The number of rotatable bonds is 2. The van der Waals surface area contributed by atoms with Gasteiger partial charge in [-0.1, -0.05) is 17.3 Å². The standard InChI is InChI=1S/C18H20N4O2/c1-12-19-17(24-21-12)13-6-8-16(9-7-13)20-18(23)22-10-14-4-2-3-5-15(14)11-22/h2-3,6-9,14-15H,4-5,10-11H2,1H3,(H,20,23)/t14-,15+. The molecule has 1 aromatic carbocycles. The largest absolute Gasteiger partial charge is 0.334 e. The van der Waals surface area contributed by atoms with Gasteiger partial charge >= 0.3 is 6.03 Å². The lowest BCUT2D eigenvalue weighted by Crippen LogP contribution is -2.33. The molecule has 0 radical (unpaired) electrons. The van der Waals surface area contributed by atoms with E-state index < -0.39 is 0 Å². The van der Waals surface area contributed by atoms with Crippen LogP contribution in [0.4, 0.5) is 10.5 Å². The molecule has 1 aliphatic carbocycles. The van der Waals surface area contributed by atoms with Gasteiger partial charge in [0.1, 0.15) is 0 Å². The Morgan fingerprint density at radius 2 is 1.83 bits per heavy atom. The number of nitrogens with one attached hydrogen (secondary N) is 1. The number of likely N-dealkylation sites (tertiary alicyclic amines) is 1. The van der Waals surface area contributed by atoms with E-state index in [1.807, 2.05) is 29.2 Å². The number of fused-ring (bicyclic) bond motifs is 1. The molecule has 24 heavy (non-hydrogen) atoms. The number of urea groups is 1. The number of carbonyl (C=O) groups is 1. The van der Waals surface area contributed by atoms with Crippen molar-refractivity contribution in [3.05, 3.63) is 42.2 Å². The number of amides is 2. The second-order valence-corrected chi connectivity index (χ2v) is 6.52. The van der Waals surface area contributed by atoms with Gasteiger partial charge in [-0.15, -0.1) is 0 Å². The van der Waals surface area contributed by atoms with Crippen LogP contribution in [0.1, 0.15) is 18.7 Å². The zero-order valence-electron chi connectivity index (χ0n) is 13.6. The molecule has 6 heteroatoms. The highest BCUT2D eigenvalue weighted by atomic mass is 16.5. The number of allylic oxidation sites excluding steroid dienone is 2. The zero-order chi connectivity index (χ0) is 16.5. The molecule has 124 valence electrons. The minimum atomic E-state index is -0.0224. The smallest absolute Gasteiger partial charge is 0.321 e. The first-order chi connectivity index (χ1) is 11.7. The number of benzene rings is 1. The van der Waals surface area contributed by atoms with E-state index >= 15 is 0 Å². The number of anilines is 1. The molecule has 6 nitrogen and oxygen atoms in total. The second-order valence-electron chi connectivity index (χ2n) is 6.52. The van der Waals surface area contributed by atoms with Crippen LogP contribution in [-0.4, -0.2) is 34.2 Å². The van der Waals surface area contributed by atoms with E-state index in [1.165, 1.54) is 0 Å². The Morgan fingerprint density at radius 3 is 2.42 bits per heavy atom. The topological polar surface area (TPSA) is 71.3 Å².